The lowest BCUT2D eigenvalue weighted by Crippen LogP contribution is -2.17. The number of rotatable bonds is 5. The van der Waals surface area contributed by atoms with E-state index in [4.69, 9.17) is 4.74 Å². The van der Waals surface area contributed by atoms with Crippen molar-refractivity contribution in [2.24, 2.45) is 0 Å². The highest BCUT2D eigenvalue weighted by Gasteiger charge is 2.31. The topological polar surface area (TPSA) is 18.5 Å². The van der Waals surface area contributed by atoms with Gasteiger partial charge in [-0.2, -0.15) is 0 Å². The molecule has 2 nitrogen and oxygen atoms in total. The molecule has 0 aliphatic carbocycles. The third-order valence-corrected chi connectivity index (χ3v) is 2.86. The minimum absolute atomic E-state index is 0.200. The van der Waals surface area contributed by atoms with E-state index < -0.39 is 6.36 Å². The van der Waals surface area contributed by atoms with Crippen LogP contribution in [0, 0.1) is 0 Å². The lowest BCUT2D eigenvalue weighted by atomic mass is 10.3. The molecule has 0 N–H and O–H groups in total. The second kappa shape index (κ2) is 6.49. The highest BCUT2D eigenvalue weighted by Crippen LogP contribution is 2.33. The molecular formula is C10H9Br2F3O2. The number of alkyl halides is 4. The van der Waals surface area contributed by atoms with Gasteiger partial charge in [-0.1, -0.05) is 15.9 Å². The molecule has 0 unspecified atom stereocenters. The second-order valence-corrected chi connectivity index (χ2v) is 4.68. The lowest BCUT2D eigenvalue weighted by Gasteiger charge is -2.12. The van der Waals surface area contributed by atoms with Crippen LogP contribution in [0.15, 0.2) is 22.7 Å². The Kier molecular flexibility index (Phi) is 5.58. The normalized spacial score (nSPS) is 11.4. The molecule has 0 radical (unpaired) electrons. The van der Waals surface area contributed by atoms with E-state index in [-0.39, 0.29) is 10.2 Å². The Hall–Kier alpha value is -0.430. The lowest BCUT2D eigenvalue weighted by molar-refractivity contribution is -0.274. The van der Waals surface area contributed by atoms with Crippen LogP contribution in [0.4, 0.5) is 13.2 Å². The number of hydrogen-bond donors (Lipinski definition) is 0. The summed E-state index contributed by atoms with van der Waals surface area (Å²) in [6.45, 7) is 0.497. The average molecular weight is 378 g/mol. The molecule has 1 aromatic carbocycles. The molecule has 17 heavy (non-hydrogen) atoms. The Balaban J connectivity index is 2.66. The Morgan fingerprint density at radius 1 is 1.24 bits per heavy atom. The predicted molar refractivity (Wildman–Crippen MR) is 64.7 cm³/mol. The van der Waals surface area contributed by atoms with Gasteiger partial charge in [-0.3, -0.25) is 0 Å². The van der Waals surface area contributed by atoms with Gasteiger partial charge in [-0.25, -0.2) is 0 Å². The van der Waals surface area contributed by atoms with E-state index in [2.05, 4.69) is 36.6 Å². The highest BCUT2D eigenvalue weighted by molar-refractivity contribution is 9.10. The third-order valence-electron chi connectivity index (χ3n) is 1.68. The smallest absolute Gasteiger partial charge is 0.494 e. The molecular weight excluding hydrogens is 369 g/mol. The van der Waals surface area contributed by atoms with E-state index in [1.807, 2.05) is 0 Å². The molecule has 0 saturated heterocycles. The molecule has 0 heterocycles. The molecule has 96 valence electrons. The fourth-order valence-electron chi connectivity index (χ4n) is 1.02. The monoisotopic (exact) mass is 376 g/mol. The standard InChI is InChI=1S/C10H9Br2F3O2/c11-4-1-5-16-7-2-3-9(8(12)6-7)17-10(13,14)15/h2-3,6H,1,4-5H2. The van der Waals surface area contributed by atoms with Gasteiger partial charge in [0.2, 0.25) is 0 Å². The van der Waals surface area contributed by atoms with Crippen LogP contribution in [-0.4, -0.2) is 18.3 Å². The van der Waals surface area contributed by atoms with Gasteiger partial charge in [0, 0.05) is 5.33 Å². The summed E-state index contributed by atoms with van der Waals surface area (Å²) in [5.74, 6) is 0.206. The molecule has 0 aromatic heterocycles. The maximum absolute atomic E-state index is 12.0. The zero-order valence-electron chi connectivity index (χ0n) is 8.56. The average Bonchev–Trinajstić information content (AvgIpc) is 2.21. The fourth-order valence-corrected chi connectivity index (χ4v) is 1.69. The predicted octanol–water partition coefficient (Wildman–Crippen LogP) is 4.51. The molecule has 0 aliphatic rings. The summed E-state index contributed by atoms with van der Waals surface area (Å²) in [5, 5.41) is 0.809. The van der Waals surface area contributed by atoms with Crippen LogP contribution in [0.25, 0.3) is 0 Å². The van der Waals surface area contributed by atoms with Crippen LogP contribution < -0.4 is 9.47 Å². The minimum atomic E-state index is -4.69. The molecule has 0 amide bonds. The summed E-state index contributed by atoms with van der Waals surface area (Å²) in [6, 6.07) is 4.08. The first-order valence-electron chi connectivity index (χ1n) is 4.66. The summed E-state index contributed by atoms with van der Waals surface area (Å²) in [6.07, 6.45) is -3.88. The molecule has 0 aliphatic heterocycles. The van der Waals surface area contributed by atoms with E-state index in [9.17, 15) is 13.2 Å². The molecule has 0 fully saturated rings. The van der Waals surface area contributed by atoms with Gasteiger partial charge in [0.1, 0.15) is 11.5 Å². The van der Waals surface area contributed by atoms with Gasteiger partial charge in [0.25, 0.3) is 0 Å². The Labute approximate surface area is 113 Å². The first kappa shape index (κ1) is 14.6. The van der Waals surface area contributed by atoms with Gasteiger partial charge in [0.15, 0.2) is 0 Å². The maximum atomic E-state index is 12.0. The van der Waals surface area contributed by atoms with Crippen molar-refractivity contribution >= 4 is 31.9 Å². The first-order valence-corrected chi connectivity index (χ1v) is 6.58. The van der Waals surface area contributed by atoms with Gasteiger partial charge in [-0.05, 0) is 40.5 Å². The van der Waals surface area contributed by atoms with Crippen LogP contribution in [0.2, 0.25) is 0 Å². The quantitative estimate of drug-likeness (QED) is 0.555. The van der Waals surface area contributed by atoms with Gasteiger partial charge in [0.05, 0.1) is 11.1 Å². The van der Waals surface area contributed by atoms with Crippen molar-refractivity contribution in [1.82, 2.24) is 0 Å². The summed E-state index contributed by atoms with van der Waals surface area (Å²) in [7, 11) is 0. The highest BCUT2D eigenvalue weighted by atomic mass is 79.9. The Morgan fingerprint density at radius 2 is 1.94 bits per heavy atom. The van der Waals surface area contributed by atoms with Crippen LogP contribution >= 0.6 is 31.9 Å². The van der Waals surface area contributed by atoms with Crippen LogP contribution in [-0.2, 0) is 0 Å². The van der Waals surface area contributed by atoms with Crippen molar-refractivity contribution in [2.45, 2.75) is 12.8 Å². The largest absolute Gasteiger partial charge is 0.573 e. The molecule has 1 aromatic rings. The molecule has 0 bridgehead atoms. The van der Waals surface area contributed by atoms with E-state index in [0.717, 1.165) is 11.8 Å². The zero-order chi connectivity index (χ0) is 12.9. The van der Waals surface area contributed by atoms with Crippen molar-refractivity contribution in [3.05, 3.63) is 22.7 Å². The van der Waals surface area contributed by atoms with Crippen LogP contribution in [0.5, 0.6) is 11.5 Å². The number of ether oxygens (including phenoxy) is 2. The minimum Gasteiger partial charge on any atom is -0.494 e. The fraction of sp³-hybridized carbons (Fsp3) is 0.400. The van der Waals surface area contributed by atoms with Crippen molar-refractivity contribution in [3.8, 4) is 11.5 Å². The second-order valence-electron chi connectivity index (χ2n) is 3.03. The molecule has 0 atom stereocenters. The summed E-state index contributed by atoms with van der Waals surface area (Å²) in [5.41, 5.74) is 0. The summed E-state index contributed by atoms with van der Waals surface area (Å²) >= 11 is 6.24. The van der Waals surface area contributed by atoms with E-state index in [1.54, 1.807) is 0 Å². The van der Waals surface area contributed by atoms with Crippen molar-refractivity contribution in [2.75, 3.05) is 11.9 Å². The van der Waals surface area contributed by atoms with Crippen LogP contribution in [0.3, 0.4) is 0 Å². The third kappa shape index (κ3) is 5.63. The maximum Gasteiger partial charge on any atom is 0.573 e. The Morgan fingerprint density at radius 3 is 2.47 bits per heavy atom. The molecule has 0 spiro atoms. The molecule has 1 rings (SSSR count). The van der Waals surface area contributed by atoms with Crippen LogP contribution in [0.1, 0.15) is 6.42 Å². The first-order chi connectivity index (χ1) is 7.92. The van der Waals surface area contributed by atoms with Gasteiger partial charge >= 0.3 is 6.36 Å². The summed E-state index contributed by atoms with van der Waals surface area (Å²) < 4.78 is 45.3. The van der Waals surface area contributed by atoms with E-state index >= 15 is 0 Å². The van der Waals surface area contributed by atoms with Crippen molar-refractivity contribution in [1.29, 1.82) is 0 Å². The number of hydrogen-bond acceptors (Lipinski definition) is 2. The van der Waals surface area contributed by atoms with Gasteiger partial charge in [-0.15, -0.1) is 13.2 Å². The number of benzene rings is 1. The summed E-state index contributed by atoms with van der Waals surface area (Å²) in [4.78, 5) is 0. The van der Waals surface area contributed by atoms with Gasteiger partial charge < -0.3 is 9.47 Å². The van der Waals surface area contributed by atoms with Crippen molar-refractivity contribution < 1.29 is 22.6 Å². The molecule has 7 heteroatoms. The molecule has 0 saturated carbocycles. The SMILES string of the molecule is FC(F)(F)Oc1ccc(OCCCBr)cc1Br. The van der Waals surface area contributed by atoms with E-state index in [1.165, 1.54) is 18.2 Å². The Bertz CT molecular complexity index is 369. The zero-order valence-corrected chi connectivity index (χ0v) is 11.7. The van der Waals surface area contributed by atoms with E-state index in [0.29, 0.717) is 12.4 Å². The number of halogens is 5. The van der Waals surface area contributed by atoms with Crippen molar-refractivity contribution in [3.63, 3.8) is 0 Å².